The first-order chi connectivity index (χ1) is 5.47. The van der Waals surface area contributed by atoms with Crippen LogP contribution in [0.5, 0.6) is 0 Å². The fourth-order valence-corrected chi connectivity index (χ4v) is 2.01. The molecule has 1 aliphatic heterocycles. The fraction of sp³-hybridized carbons (Fsp3) is 1.00. The molecule has 1 heterocycles. The first kappa shape index (κ1) is 10.4. The van der Waals surface area contributed by atoms with E-state index in [1.54, 1.807) is 0 Å². The lowest BCUT2D eigenvalue weighted by Gasteiger charge is -2.37. The Morgan fingerprint density at radius 3 is 2.50 bits per heavy atom. The number of nitrogens with one attached hydrogen (secondary N) is 1. The van der Waals surface area contributed by atoms with E-state index in [9.17, 15) is 8.42 Å². The Morgan fingerprint density at radius 1 is 1.58 bits per heavy atom. The molecule has 0 radical (unpaired) electrons. The molecule has 0 aromatic heterocycles. The van der Waals surface area contributed by atoms with Crippen molar-refractivity contribution >= 4 is 26.0 Å². The van der Waals surface area contributed by atoms with Crippen LogP contribution in [-0.2, 0) is 14.8 Å². The van der Waals surface area contributed by atoms with Gasteiger partial charge in [-0.3, -0.25) is 0 Å². The molecule has 1 rings (SSSR count). The summed E-state index contributed by atoms with van der Waals surface area (Å²) < 4.78 is 29.4. The number of hydrogen-bond acceptors (Lipinski definition) is 3. The molecule has 12 heavy (non-hydrogen) atoms. The summed E-state index contributed by atoms with van der Waals surface area (Å²) in [5.41, 5.74) is -0.00472. The number of halogens is 1. The first-order valence-corrected chi connectivity index (χ1v) is 6.36. The van der Waals surface area contributed by atoms with Crippen LogP contribution in [0.4, 0.5) is 0 Å². The van der Waals surface area contributed by atoms with Gasteiger partial charge in [0.2, 0.25) is 10.0 Å². The fourth-order valence-electron chi connectivity index (χ4n) is 0.875. The van der Waals surface area contributed by atoms with E-state index in [1.165, 1.54) is 0 Å². The monoisotopic (exact) mass is 257 g/mol. The van der Waals surface area contributed by atoms with E-state index in [-0.39, 0.29) is 10.1 Å². The van der Waals surface area contributed by atoms with Gasteiger partial charge in [0.15, 0.2) is 0 Å². The van der Waals surface area contributed by atoms with Crippen LogP contribution in [0.2, 0.25) is 0 Å². The smallest absolute Gasteiger partial charge is 0.221 e. The van der Waals surface area contributed by atoms with Crippen LogP contribution in [0.15, 0.2) is 0 Å². The Hall–Kier alpha value is 0.350. The van der Waals surface area contributed by atoms with E-state index in [2.05, 4.69) is 20.7 Å². The normalized spacial score (nSPS) is 21.8. The molecular weight excluding hydrogens is 246 g/mol. The topological polar surface area (TPSA) is 55.4 Å². The van der Waals surface area contributed by atoms with Crippen molar-refractivity contribution in [2.75, 3.05) is 24.4 Å². The quantitative estimate of drug-likeness (QED) is 0.737. The Morgan fingerprint density at radius 2 is 2.17 bits per heavy atom. The molecule has 0 aromatic carbocycles. The molecule has 4 nitrogen and oxygen atoms in total. The first-order valence-electron chi connectivity index (χ1n) is 3.58. The summed E-state index contributed by atoms with van der Waals surface area (Å²) in [5, 5.41) is 0. The molecule has 0 spiro atoms. The molecule has 1 N–H and O–H groups in total. The lowest BCUT2D eigenvalue weighted by atomic mass is 9.89. The SMILES string of the molecule is CC1(CNS(=O)(=O)CBr)COC1. The summed E-state index contributed by atoms with van der Waals surface area (Å²) in [6.07, 6.45) is 0. The minimum atomic E-state index is -3.12. The van der Waals surface area contributed by atoms with E-state index >= 15 is 0 Å². The van der Waals surface area contributed by atoms with Crippen LogP contribution in [0.25, 0.3) is 0 Å². The van der Waals surface area contributed by atoms with Crippen LogP contribution in [0.1, 0.15) is 6.92 Å². The predicted octanol–water partition coefficient (Wildman–Crippen LogP) is 0.295. The number of ether oxygens (including phenoxy) is 1. The third-order valence-corrected chi connectivity index (χ3v) is 4.44. The summed E-state index contributed by atoms with van der Waals surface area (Å²) in [7, 11) is -3.12. The van der Waals surface area contributed by atoms with Crippen molar-refractivity contribution in [1.29, 1.82) is 0 Å². The van der Waals surface area contributed by atoms with E-state index in [4.69, 9.17) is 4.74 Å². The van der Waals surface area contributed by atoms with Crippen molar-refractivity contribution in [3.63, 3.8) is 0 Å². The second-order valence-electron chi connectivity index (χ2n) is 3.35. The predicted molar refractivity (Wildman–Crippen MR) is 49.6 cm³/mol. The standard InChI is InChI=1S/C6H12BrNO3S/c1-6(3-11-4-6)2-8-12(9,10)5-7/h8H,2-5H2,1H3. The van der Waals surface area contributed by atoms with Crippen molar-refractivity contribution in [3.05, 3.63) is 0 Å². The van der Waals surface area contributed by atoms with Crippen LogP contribution >= 0.6 is 15.9 Å². The number of sulfonamides is 1. The maximum atomic E-state index is 11.0. The van der Waals surface area contributed by atoms with Gasteiger partial charge in [-0.05, 0) is 0 Å². The average Bonchev–Trinajstić information content (AvgIpc) is 1.98. The highest BCUT2D eigenvalue weighted by atomic mass is 79.9. The second kappa shape index (κ2) is 3.61. The molecule has 1 fully saturated rings. The van der Waals surface area contributed by atoms with Gasteiger partial charge in [-0.25, -0.2) is 13.1 Å². The van der Waals surface area contributed by atoms with E-state index in [1.807, 2.05) is 6.92 Å². The molecular formula is C6H12BrNO3S. The molecule has 0 amide bonds. The van der Waals surface area contributed by atoms with Crippen molar-refractivity contribution in [1.82, 2.24) is 4.72 Å². The Bertz CT molecular complexity index is 248. The zero-order chi connectivity index (χ0) is 9.24. The minimum Gasteiger partial charge on any atom is -0.380 e. The van der Waals surface area contributed by atoms with Gasteiger partial charge in [-0.15, -0.1) is 0 Å². The number of rotatable bonds is 4. The molecule has 72 valence electrons. The highest BCUT2D eigenvalue weighted by molar-refractivity contribution is 9.10. The van der Waals surface area contributed by atoms with Crippen molar-refractivity contribution in [2.24, 2.45) is 5.41 Å². The molecule has 1 saturated heterocycles. The van der Waals surface area contributed by atoms with E-state index in [0.29, 0.717) is 19.8 Å². The number of hydrogen-bond donors (Lipinski definition) is 1. The van der Waals surface area contributed by atoms with E-state index < -0.39 is 10.0 Å². The van der Waals surface area contributed by atoms with Crippen molar-refractivity contribution in [3.8, 4) is 0 Å². The summed E-state index contributed by atoms with van der Waals surface area (Å²) in [6.45, 7) is 3.73. The minimum absolute atomic E-state index is 0.00472. The molecule has 0 atom stereocenters. The molecule has 6 heteroatoms. The Balaban J connectivity index is 2.35. The van der Waals surface area contributed by atoms with Crippen molar-refractivity contribution in [2.45, 2.75) is 6.92 Å². The van der Waals surface area contributed by atoms with Gasteiger partial charge in [-0.1, -0.05) is 22.9 Å². The van der Waals surface area contributed by atoms with Gasteiger partial charge in [0.1, 0.15) is 4.66 Å². The largest absolute Gasteiger partial charge is 0.380 e. The van der Waals surface area contributed by atoms with Gasteiger partial charge in [0.05, 0.1) is 13.2 Å². The third-order valence-electron chi connectivity index (χ3n) is 1.76. The van der Waals surface area contributed by atoms with Crippen LogP contribution in [0.3, 0.4) is 0 Å². The van der Waals surface area contributed by atoms with Crippen LogP contribution < -0.4 is 4.72 Å². The Kier molecular flexibility index (Phi) is 3.14. The highest BCUT2D eigenvalue weighted by Crippen LogP contribution is 2.25. The summed E-state index contributed by atoms with van der Waals surface area (Å²) in [5.74, 6) is 0. The van der Waals surface area contributed by atoms with Crippen LogP contribution in [0, 0.1) is 5.41 Å². The lowest BCUT2D eigenvalue weighted by Crippen LogP contribution is -2.48. The third kappa shape index (κ3) is 2.69. The summed E-state index contributed by atoms with van der Waals surface area (Å²) >= 11 is 2.90. The van der Waals surface area contributed by atoms with E-state index in [0.717, 1.165) is 0 Å². The molecule has 0 aliphatic carbocycles. The molecule has 0 unspecified atom stereocenters. The second-order valence-corrected chi connectivity index (χ2v) is 6.46. The van der Waals surface area contributed by atoms with Crippen LogP contribution in [-0.4, -0.2) is 32.8 Å². The molecule has 0 bridgehead atoms. The van der Waals surface area contributed by atoms with Gasteiger partial charge in [0, 0.05) is 12.0 Å². The summed E-state index contributed by atoms with van der Waals surface area (Å²) in [4.78, 5) is 0. The average molecular weight is 258 g/mol. The highest BCUT2D eigenvalue weighted by Gasteiger charge is 2.34. The lowest BCUT2D eigenvalue weighted by molar-refractivity contribution is -0.0965. The maximum absolute atomic E-state index is 11.0. The maximum Gasteiger partial charge on any atom is 0.221 e. The van der Waals surface area contributed by atoms with Gasteiger partial charge in [0.25, 0.3) is 0 Å². The van der Waals surface area contributed by atoms with Crippen molar-refractivity contribution < 1.29 is 13.2 Å². The Labute approximate surface area is 80.8 Å². The zero-order valence-electron chi connectivity index (χ0n) is 6.84. The number of alkyl halides is 1. The van der Waals surface area contributed by atoms with Gasteiger partial charge < -0.3 is 4.74 Å². The zero-order valence-corrected chi connectivity index (χ0v) is 9.24. The van der Waals surface area contributed by atoms with Gasteiger partial charge in [-0.2, -0.15) is 0 Å². The molecule has 0 aromatic rings. The van der Waals surface area contributed by atoms with Gasteiger partial charge >= 0.3 is 0 Å². The molecule has 1 aliphatic rings. The summed E-state index contributed by atoms with van der Waals surface area (Å²) in [6, 6.07) is 0. The molecule has 0 saturated carbocycles.